The van der Waals surface area contributed by atoms with Crippen LogP contribution in [0.3, 0.4) is 0 Å². The second-order valence-electron chi connectivity index (χ2n) is 28.6. The predicted molar refractivity (Wildman–Crippen MR) is 462 cm³/mol. The van der Waals surface area contributed by atoms with Crippen LogP contribution in [0.25, 0.3) is 94.7 Å². The van der Waals surface area contributed by atoms with Gasteiger partial charge in [0.05, 0.1) is 59.9 Å². The molecule has 14 aromatic rings. The van der Waals surface area contributed by atoms with Crippen molar-refractivity contribution in [1.29, 1.82) is 0 Å². The van der Waals surface area contributed by atoms with Gasteiger partial charge >= 0.3 is 7.12 Å². The molecule has 0 amide bonds. The Morgan fingerprint density at radius 1 is 0.351 bits per heavy atom. The van der Waals surface area contributed by atoms with Crippen LogP contribution in [0.4, 0.5) is 17.1 Å². The molecule has 27 heteroatoms. The summed E-state index contributed by atoms with van der Waals surface area (Å²) in [6, 6.07) is 71.0. The van der Waals surface area contributed by atoms with Crippen molar-refractivity contribution in [3.63, 3.8) is 0 Å². The van der Waals surface area contributed by atoms with Crippen molar-refractivity contribution in [1.82, 2.24) is 45.0 Å². The highest BCUT2D eigenvalue weighted by Crippen LogP contribution is 2.39. The first kappa shape index (κ1) is 86.2. The van der Waals surface area contributed by atoms with E-state index in [-0.39, 0.29) is 27.2 Å². The van der Waals surface area contributed by atoms with E-state index in [4.69, 9.17) is 59.9 Å². The molecule has 114 heavy (non-hydrogen) atoms. The van der Waals surface area contributed by atoms with Crippen LogP contribution in [0.2, 0.25) is 0 Å². The fourth-order valence-electron chi connectivity index (χ4n) is 11.2. The van der Waals surface area contributed by atoms with Gasteiger partial charge in [0, 0.05) is 69.6 Å². The average molecular weight is 1660 g/mol. The highest BCUT2D eigenvalue weighted by Gasteiger charge is 2.21. The highest BCUT2D eigenvalue weighted by molar-refractivity contribution is 9.11. The number of anilines is 1. The second kappa shape index (κ2) is 40.1. The van der Waals surface area contributed by atoms with E-state index in [0.29, 0.717) is 85.1 Å². The van der Waals surface area contributed by atoms with Crippen LogP contribution in [0, 0.1) is 49.8 Å². The van der Waals surface area contributed by atoms with E-state index in [2.05, 4.69) is 160 Å². The lowest BCUT2D eigenvalue weighted by atomic mass is 9.80. The Balaban J connectivity index is 0.000000186. The van der Waals surface area contributed by atoms with E-state index in [1.54, 1.807) is 53.3 Å². The molecule has 0 aliphatic rings. The lowest BCUT2D eigenvalue weighted by Gasteiger charge is -2.11. The molecule has 0 aliphatic heterocycles. The zero-order valence-electron chi connectivity index (χ0n) is 64.3. The Hall–Kier alpha value is -11.8. The fraction of sp³-hybridized carbons (Fsp3) is 0.241. The van der Waals surface area contributed by atoms with Crippen molar-refractivity contribution in [2.75, 3.05) is 38.8 Å². The van der Waals surface area contributed by atoms with Gasteiger partial charge in [-0.2, -0.15) is 14.4 Å². The van der Waals surface area contributed by atoms with Crippen LogP contribution in [-0.4, -0.2) is 113 Å². The van der Waals surface area contributed by atoms with Crippen LogP contribution in [0.5, 0.6) is 28.7 Å². The summed E-state index contributed by atoms with van der Waals surface area (Å²) in [5.74, 6) is 6.43. The van der Waals surface area contributed by atoms with Crippen molar-refractivity contribution in [2.24, 2.45) is 29.6 Å². The van der Waals surface area contributed by atoms with Crippen LogP contribution < -0.4 is 34.9 Å². The molecule has 0 saturated carbocycles. The van der Waals surface area contributed by atoms with Crippen molar-refractivity contribution in [3.8, 4) is 90.3 Å². The van der Waals surface area contributed by atoms with E-state index in [1.165, 1.54) is 33.9 Å². The van der Waals surface area contributed by atoms with Gasteiger partial charge in [-0.15, -0.1) is 30.6 Å². The summed E-state index contributed by atoms with van der Waals surface area (Å²) in [6.45, 7) is 24.6. The summed E-state index contributed by atoms with van der Waals surface area (Å²) in [7, 11) is -1.41. The highest BCUT2D eigenvalue weighted by atomic mass is 79.9. The monoisotopic (exact) mass is 1660 g/mol. The molecule has 23 nitrogen and oxygen atoms in total. The van der Waals surface area contributed by atoms with Crippen LogP contribution in [0.1, 0.15) is 76.7 Å². The zero-order chi connectivity index (χ0) is 79.7. The summed E-state index contributed by atoms with van der Waals surface area (Å²) in [6.07, 6.45) is 0. The molecule has 0 fully saturated rings. The minimum Gasteiger partial charge on any atom is -0.493 e. The topological polar surface area (TPSA) is 291 Å². The molecule has 0 aliphatic carbocycles. The summed E-state index contributed by atoms with van der Waals surface area (Å²) < 4.78 is 30.6. The molecule has 0 bridgehead atoms. The number of benzene rings is 11. The molecule has 4 N–H and O–H groups in total. The summed E-state index contributed by atoms with van der Waals surface area (Å²) in [5.41, 5.74) is 21.8. The van der Waals surface area contributed by atoms with Gasteiger partial charge in [-0.3, -0.25) is 20.2 Å². The molecular formula is C87H91B2Br2N12O11. The molecule has 585 valence electrons. The van der Waals surface area contributed by atoms with E-state index >= 15 is 0 Å². The molecular weight excluding hydrogens is 1570 g/mol. The van der Waals surface area contributed by atoms with Crippen LogP contribution in [-0.2, 0) is 0 Å². The fourth-order valence-corrected chi connectivity index (χ4v) is 12.0. The number of hydrogen-bond donors (Lipinski definition) is 3. The first-order valence-corrected chi connectivity index (χ1v) is 38.3. The minimum absolute atomic E-state index is 0. The molecule has 0 unspecified atom stereocenters. The van der Waals surface area contributed by atoms with E-state index < -0.39 is 17.0 Å². The van der Waals surface area contributed by atoms with Crippen molar-refractivity contribution < 1.29 is 43.6 Å². The van der Waals surface area contributed by atoms with Crippen molar-refractivity contribution >= 4 is 103 Å². The number of nitrogen functional groups attached to an aromatic ring is 1. The van der Waals surface area contributed by atoms with Crippen molar-refractivity contribution in [2.45, 2.75) is 76.7 Å². The Labute approximate surface area is 682 Å². The third kappa shape index (κ3) is 22.8. The van der Waals surface area contributed by atoms with Gasteiger partial charge in [0.25, 0.3) is 11.4 Å². The Bertz CT molecular complexity index is 5240. The molecule has 0 spiro atoms. The number of nitro benzene ring substituents is 2. The average Bonchev–Trinajstić information content (AvgIpc) is 1.57. The van der Waals surface area contributed by atoms with Gasteiger partial charge in [-0.05, 0) is 210 Å². The van der Waals surface area contributed by atoms with E-state index in [1.807, 2.05) is 109 Å². The van der Waals surface area contributed by atoms with E-state index in [0.717, 1.165) is 121 Å². The predicted octanol–water partition coefficient (Wildman–Crippen LogP) is 19.6. The van der Waals surface area contributed by atoms with Crippen molar-refractivity contribution in [3.05, 3.63) is 260 Å². The van der Waals surface area contributed by atoms with Gasteiger partial charge in [0.2, 0.25) is 0 Å². The number of fused-ring (bicyclic) bond motifs is 3. The number of nitro groups is 2. The van der Waals surface area contributed by atoms with Gasteiger partial charge in [0.15, 0.2) is 0 Å². The molecule has 3 radical (unpaired) electrons. The SMILES string of the molecule is C.CC(C)COc1ccc(-c2ccc(-c3ccc(OCC(C)C)cc3)c3nn(-c4ccc(N)cc4)nc23)cc1.CC(C)COc1ccc(-c2ccc(-c3ccc(OCC(C)C)cc3)c3nn(-c4ccc([N+](=O)[O-])cc4)nc23)cc1.CC(C)COc1ccc(B(O)O)cc1.O=[N+]([O-])c1ccc(-n2nc3c(Br)ccc(Br)c3n2)cc1.[B]. The third-order valence-corrected chi connectivity index (χ3v) is 18.3. The Morgan fingerprint density at radius 2 is 0.570 bits per heavy atom. The first-order chi connectivity index (χ1) is 53.8. The molecule has 0 saturated heterocycles. The van der Waals surface area contributed by atoms with Gasteiger partial charge < -0.3 is 39.5 Å². The smallest absolute Gasteiger partial charge is 0.488 e. The Morgan fingerprint density at radius 3 is 0.789 bits per heavy atom. The standard InChI is InChI=1S/C32H32N4O4.C32H34N4O2.C12H6Br2N4O2.C10H15BO3.CH4.B/c1-21(2)19-39-27-13-5-23(6-14-27)29-17-18-30(24-7-15-28(16-8-24)40-20-22(3)4)32-31(29)33-35(34-32)25-9-11-26(12-10-25)36(37)38;1-21(2)19-37-27-13-5-23(6-14-27)29-17-18-30(24-7-15-28(16-8-24)38-20-22(3)4)32-31(29)34-36(35-32)26-11-9-25(33)10-12-26;13-9-5-6-10(14)12-11(9)15-17(16-12)7-1-3-8(4-2-7)18(19)20;1-8(2)7-14-10-5-3-9(4-6-10)11(12)13;;/h5-18,21-22H,19-20H2,1-4H3;5-18,21-22H,19-20,33H2,1-4H3;1-6H;3-6,8,12-13H,7H2,1-2H3;1H4;. The molecule has 14 rings (SSSR count). The molecule has 0 atom stereocenters. The Kier molecular flexibility index (Phi) is 30.3. The number of aromatic nitrogens is 9. The number of nitrogens with zero attached hydrogens (tertiary/aromatic N) is 11. The van der Waals surface area contributed by atoms with Crippen LogP contribution in [0.15, 0.2) is 239 Å². The quantitative estimate of drug-likeness (QED) is 0.0207. The number of nitrogens with two attached hydrogens (primary N) is 1. The lowest BCUT2D eigenvalue weighted by molar-refractivity contribution is -0.385. The molecule has 3 heterocycles. The lowest BCUT2D eigenvalue weighted by Crippen LogP contribution is -2.29. The maximum atomic E-state index is 11.1. The zero-order valence-corrected chi connectivity index (χ0v) is 67.5. The number of halogens is 2. The third-order valence-electron chi connectivity index (χ3n) is 17.0. The van der Waals surface area contributed by atoms with Gasteiger partial charge in [-0.25, -0.2) is 0 Å². The normalized spacial score (nSPS) is 11.0. The van der Waals surface area contributed by atoms with E-state index in [9.17, 15) is 20.2 Å². The summed E-state index contributed by atoms with van der Waals surface area (Å²) in [4.78, 5) is 25.6. The maximum Gasteiger partial charge on any atom is 0.488 e. The van der Waals surface area contributed by atoms with Crippen LogP contribution >= 0.6 is 31.9 Å². The molecule has 3 aromatic heterocycles. The summed E-state index contributed by atoms with van der Waals surface area (Å²) >= 11 is 6.84. The first-order valence-electron chi connectivity index (χ1n) is 36.7. The largest absolute Gasteiger partial charge is 0.493 e. The number of hydrogen-bond acceptors (Lipinski definition) is 18. The maximum absolute atomic E-state index is 11.1. The van der Waals surface area contributed by atoms with Gasteiger partial charge in [-0.1, -0.05) is 162 Å². The number of ether oxygens (including phenoxy) is 5. The number of non-ortho nitro benzene ring substituents is 2. The number of rotatable bonds is 25. The minimum atomic E-state index is -1.41. The summed E-state index contributed by atoms with van der Waals surface area (Å²) in [5, 5.41) is 67.8. The van der Waals surface area contributed by atoms with Gasteiger partial charge in [0.1, 0.15) is 61.8 Å². The second-order valence-corrected chi connectivity index (χ2v) is 30.3. The molecule has 11 aromatic carbocycles.